The Hall–Kier alpha value is -1.69. The van der Waals surface area contributed by atoms with Crippen molar-refractivity contribution >= 4 is 11.7 Å². The van der Waals surface area contributed by atoms with Crippen molar-refractivity contribution < 1.29 is 14.3 Å². The zero-order valence-electron chi connectivity index (χ0n) is 10.1. The van der Waals surface area contributed by atoms with Crippen LogP contribution in [0.25, 0.3) is 0 Å². The van der Waals surface area contributed by atoms with Crippen molar-refractivity contribution in [1.82, 2.24) is 9.88 Å². The Labute approximate surface area is 104 Å². The van der Waals surface area contributed by atoms with Gasteiger partial charge in [-0.3, -0.25) is 4.79 Å². The highest BCUT2D eigenvalue weighted by atomic mass is 19.1. The maximum atomic E-state index is 13.7. The molecule has 6 heteroatoms. The van der Waals surface area contributed by atoms with E-state index in [0.717, 1.165) is 6.42 Å². The molecule has 2 rings (SSSR count). The second-order valence-electron chi connectivity index (χ2n) is 4.60. The average Bonchev–Trinajstić information content (AvgIpc) is 2.81. The van der Waals surface area contributed by atoms with Crippen molar-refractivity contribution in [2.45, 2.75) is 19.4 Å². The molecule has 1 aliphatic heterocycles. The number of amides is 1. The molecule has 2 unspecified atom stereocenters. The molecular formula is C12H16FN3O2. The third-order valence-electron chi connectivity index (χ3n) is 3.34. The van der Waals surface area contributed by atoms with Gasteiger partial charge >= 0.3 is 0 Å². The molecule has 0 spiro atoms. The van der Waals surface area contributed by atoms with E-state index >= 15 is 0 Å². The van der Waals surface area contributed by atoms with Crippen molar-refractivity contribution in [3.8, 4) is 0 Å². The highest BCUT2D eigenvalue weighted by Crippen LogP contribution is 2.23. The fourth-order valence-electron chi connectivity index (χ4n) is 2.16. The van der Waals surface area contributed by atoms with Crippen molar-refractivity contribution in [2.75, 3.05) is 18.8 Å². The number of anilines is 1. The molecule has 1 fully saturated rings. The fourth-order valence-corrected chi connectivity index (χ4v) is 2.16. The number of nitrogens with zero attached hydrogens (tertiary/aromatic N) is 2. The lowest BCUT2D eigenvalue weighted by Gasteiger charge is -2.18. The van der Waals surface area contributed by atoms with E-state index in [-0.39, 0.29) is 17.3 Å². The van der Waals surface area contributed by atoms with Gasteiger partial charge < -0.3 is 15.7 Å². The van der Waals surface area contributed by atoms with Gasteiger partial charge in [-0.05, 0) is 19.4 Å². The Balaban J connectivity index is 2.16. The van der Waals surface area contributed by atoms with Crippen LogP contribution in [0.2, 0.25) is 0 Å². The summed E-state index contributed by atoms with van der Waals surface area (Å²) in [5.74, 6) is -1.39. The van der Waals surface area contributed by atoms with Gasteiger partial charge in [0.25, 0.3) is 5.91 Å². The predicted molar refractivity (Wildman–Crippen MR) is 64.3 cm³/mol. The molecule has 1 saturated heterocycles. The van der Waals surface area contributed by atoms with Gasteiger partial charge in [0.15, 0.2) is 11.6 Å². The van der Waals surface area contributed by atoms with Gasteiger partial charge in [0.1, 0.15) is 0 Å². The summed E-state index contributed by atoms with van der Waals surface area (Å²) in [5.41, 5.74) is 5.27. The molecule has 0 aliphatic carbocycles. The number of nitrogens with two attached hydrogens (primary N) is 1. The summed E-state index contributed by atoms with van der Waals surface area (Å²) < 4.78 is 13.7. The summed E-state index contributed by atoms with van der Waals surface area (Å²) in [6, 6.07) is 1.32. The second kappa shape index (κ2) is 4.89. The van der Waals surface area contributed by atoms with Crippen LogP contribution in [0, 0.1) is 11.7 Å². The second-order valence-corrected chi connectivity index (χ2v) is 4.60. The van der Waals surface area contributed by atoms with Crippen LogP contribution in [-0.2, 0) is 0 Å². The maximum Gasteiger partial charge on any atom is 0.257 e. The number of hydrogen-bond donors (Lipinski definition) is 2. The Morgan fingerprint density at radius 2 is 2.44 bits per heavy atom. The van der Waals surface area contributed by atoms with Gasteiger partial charge in [0, 0.05) is 25.2 Å². The first-order chi connectivity index (χ1) is 8.50. The van der Waals surface area contributed by atoms with Crippen LogP contribution in [-0.4, -0.2) is 40.1 Å². The molecule has 1 aliphatic rings. The van der Waals surface area contributed by atoms with Gasteiger partial charge in [0.05, 0.1) is 11.7 Å². The van der Waals surface area contributed by atoms with Crippen LogP contribution in [0.3, 0.4) is 0 Å². The number of aliphatic hydroxyl groups is 1. The Morgan fingerprint density at radius 1 is 1.72 bits per heavy atom. The number of aliphatic hydroxyl groups excluding tert-OH is 1. The molecule has 1 aromatic rings. The monoisotopic (exact) mass is 253 g/mol. The van der Waals surface area contributed by atoms with Gasteiger partial charge in [-0.15, -0.1) is 0 Å². The number of aromatic nitrogens is 1. The van der Waals surface area contributed by atoms with E-state index in [1.54, 1.807) is 6.92 Å². The number of carbonyl (C=O) groups is 1. The zero-order valence-corrected chi connectivity index (χ0v) is 10.1. The molecule has 0 radical (unpaired) electrons. The van der Waals surface area contributed by atoms with Crippen LogP contribution in [0.5, 0.6) is 0 Å². The molecule has 98 valence electrons. The van der Waals surface area contributed by atoms with E-state index in [0.29, 0.717) is 13.1 Å². The maximum absolute atomic E-state index is 13.7. The minimum atomic E-state index is -0.775. The van der Waals surface area contributed by atoms with E-state index in [2.05, 4.69) is 4.98 Å². The number of hydrogen-bond acceptors (Lipinski definition) is 4. The first kappa shape index (κ1) is 12.8. The van der Waals surface area contributed by atoms with Crippen molar-refractivity contribution in [1.29, 1.82) is 0 Å². The summed E-state index contributed by atoms with van der Waals surface area (Å²) in [6.07, 6.45) is 1.58. The number of halogens is 1. The first-order valence-electron chi connectivity index (χ1n) is 5.88. The predicted octanol–water partition coefficient (Wildman–Crippen LogP) is 0.646. The minimum absolute atomic E-state index is 0.0520. The molecule has 3 N–H and O–H groups in total. The van der Waals surface area contributed by atoms with E-state index < -0.39 is 17.8 Å². The molecular weight excluding hydrogens is 237 g/mol. The Kier molecular flexibility index (Phi) is 3.47. The lowest BCUT2D eigenvalue weighted by atomic mass is 10.0. The number of nitrogen functional groups attached to an aromatic ring is 1. The summed E-state index contributed by atoms with van der Waals surface area (Å²) >= 11 is 0. The molecule has 0 aromatic carbocycles. The van der Waals surface area contributed by atoms with E-state index in [1.165, 1.54) is 17.2 Å². The van der Waals surface area contributed by atoms with Crippen LogP contribution in [0.1, 0.15) is 23.7 Å². The van der Waals surface area contributed by atoms with Crippen LogP contribution in [0.15, 0.2) is 12.3 Å². The van der Waals surface area contributed by atoms with Crippen LogP contribution < -0.4 is 5.73 Å². The van der Waals surface area contributed by atoms with Crippen molar-refractivity contribution in [3.63, 3.8) is 0 Å². The highest BCUT2D eigenvalue weighted by Gasteiger charge is 2.30. The summed E-state index contributed by atoms with van der Waals surface area (Å²) in [6.45, 7) is 2.66. The Morgan fingerprint density at radius 3 is 3.06 bits per heavy atom. The molecule has 5 nitrogen and oxygen atoms in total. The standard InChI is InChI=1S/C12H16FN3O2/c1-7(17)8-3-5-16(6-8)12(18)9-2-4-15-11(14)10(9)13/h2,4,7-8,17H,3,5-6H2,1H3,(H2,14,15). The summed E-state index contributed by atoms with van der Waals surface area (Å²) in [7, 11) is 0. The number of carbonyl (C=O) groups excluding carboxylic acids is 1. The first-order valence-corrected chi connectivity index (χ1v) is 5.88. The van der Waals surface area contributed by atoms with E-state index in [4.69, 9.17) is 5.73 Å². The van der Waals surface area contributed by atoms with E-state index in [1.807, 2.05) is 0 Å². The Bertz CT molecular complexity index is 465. The normalized spacial score (nSPS) is 21.1. The molecule has 1 amide bonds. The highest BCUT2D eigenvalue weighted by molar-refractivity contribution is 5.95. The third-order valence-corrected chi connectivity index (χ3v) is 3.34. The largest absolute Gasteiger partial charge is 0.393 e. The van der Waals surface area contributed by atoms with Crippen LogP contribution >= 0.6 is 0 Å². The molecule has 0 saturated carbocycles. The van der Waals surface area contributed by atoms with Gasteiger partial charge in [0.2, 0.25) is 0 Å². The van der Waals surface area contributed by atoms with Crippen LogP contribution in [0.4, 0.5) is 10.2 Å². The van der Waals surface area contributed by atoms with Crippen molar-refractivity contribution in [3.05, 3.63) is 23.6 Å². The zero-order chi connectivity index (χ0) is 13.3. The number of likely N-dealkylation sites (tertiary alicyclic amines) is 1. The molecule has 2 heterocycles. The topological polar surface area (TPSA) is 79.5 Å². The molecule has 1 aromatic heterocycles. The SMILES string of the molecule is CC(O)C1CCN(C(=O)c2ccnc(N)c2F)C1. The number of rotatable bonds is 2. The van der Waals surface area contributed by atoms with Crippen molar-refractivity contribution in [2.24, 2.45) is 5.92 Å². The summed E-state index contributed by atoms with van der Waals surface area (Å²) in [4.78, 5) is 17.2. The molecule has 2 atom stereocenters. The molecule has 0 bridgehead atoms. The van der Waals surface area contributed by atoms with Gasteiger partial charge in [-0.2, -0.15) is 0 Å². The fraction of sp³-hybridized carbons (Fsp3) is 0.500. The quantitative estimate of drug-likeness (QED) is 0.811. The smallest absolute Gasteiger partial charge is 0.257 e. The average molecular weight is 253 g/mol. The lowest BCUT2D eigenvalue weighted by Crippen LogP contribution is -2.31. The minimum Gasteiger partial charge on any atom is -0.393 e. The summed E-state index contributed by atoms with van der Waals surface area (Å²) in [5, 5.41) is 9.48. The van der Waals surface area contributed by atoms with Gasteiger partial charge in [-0.1, -0.05) is 0 Å². The number of pyridine rings is 1. The van der Waals surface area contributed by atoms with Gasteiger partial charge in [-0.25, -0.2) is 9.37 Å². The molecule has 18 heavy (non-hydrogen) atoms. The van der Waals surface area contributed by atoms with E-state index in [9.17, 15) is 14.3 Å². The lowest BCUT2D eigenvalue weighted by molar-refractivity contribution is 0.0758. The third kappa shape index (κ3) is 2.28.